The van der Waals surface area contributed by atoms with Crippen LogP contribution in [0.5, 0.6) is 0 Å². The summed E-state index contributed by atoms with van der Waals surface area (Å²) in [6.07, 6.45) is 4.48. The predicted octanol–water partition coefficient (Wildman–Crippen LogP) is 3.15. The third-order valence-electron chi connectivity index (χ3n) is 2.27. The van der Waals surface area contributed by atoms with E-state index in [2.05, 4.69) is 15.5 Å². The second-order valence-electron chi connectivity index (χ2n) is 3.58. The van der Waals surface area contributed by atoms with Crippen molar-refractivity contribution in [3.63, 3.8) is 0 Å². The van der Waals surface area contributed by atoms with Crippen LogP contribution in [-0.4, -0.2) is 17.1 Å². The number of hydrogen-bond donors (Lipinski definition) is 1. The number of nitrogens with zero attached hydrogens (tertiary/aromatic N) is 2. The van der Waals surface area contributed by atoms with Gasteiger partial charge < -0.3 is 0 Å². The molecule has 1 aromatic carbocycles. The number of hydrazone groups is 1. The Labute approximate surface area is 120 Å². The maximum atomic E-state index is 11.7. The smallest absolute Gasteiger partial charge is 0.267 e. The highest BCUT2D eigenvalue weighted by Gasteiger charge is 2.04. The van der Waals surface area contributed by atoms with Crippen molar-refractivity contribution >= 4 is 35.3 Å². The van der Waals surface area contributed by atoms with Gasteiger partial charge in [0.25, 0.3) is 5.91 Å². The minimum Gasteiger partial charge on any atom is -0.267 e. The molecule has 1 N–H and O–H groups in total. The highest BCUT2D eigenvalue weighted by atomic mass is 35.5. The van der Waals surface area contributed by atoms with E-state index in [0.717, 1.165) is 0 Å². The number of nitrogens with one attached hydrogen (secondary N) is 1. The predicted molar refractivity (Wildman–Crippen MR) is 75.8 cm³/mol. The number of halogens is 2. The monoisotopic (exact) mass is 293 g/mol. The van der Waals surface area contributed by atoms with Gasteiger partial charge in [0.05, 0.1) is 21.8 Å². The van der Waals surface area contributed by atoms with E-state index in [1.165, 1.54) is 12.4 Å². The molecule has 1 heterocycles. The van der Waals surface area contributed by atoms with Crippen LogP contribution >= 0.6 is 23.2 Å². The zero-order chi connectivity index (χ0) is 13.7. The van der Waals surface area contributed by atoms with Crippen LogP contribution in [0.2, 0.25) is 10.0 Å². The first kappa shape index (κ1) is 13.5. The van der Waals surface area contributed by atoms with Gasteiger partial charge >= 0.3 is 0 Å². The van der Waals surface area contributed by atoms with Crippen molar-refractivity contribution in [1.82, 2.24) is 10.4 Å². The molecule has 19 heavy (non-hydrogen) atoms. The number of carbonyl (C=O) groups is 1. The third kappa shape index (κ3) is 3.53. The number of hydrogen-bond acceptors (Lipinski definition) is 3. The lowest BCUT2D eigenvalue weighted by Gasteiger charge is -2.00. The van der Waals surface area contributed by atoms with Crippen LogP contribution in [0.1, 0.15) is 15.9 Å². The molecule has 0 aliphatic carbocycles. The molecule has 0 saturated heterocycles. The molecule has 4 nitrogen and oxygen atoms in total. The molecule has 2 aromatic rings. The molecule has 0 aliphatic rings. The lowest BCUT2D eigenvalue weighted by Crippen LogP contribution is -2.17. The maximum Gasteiger partial charge on any atom is 0.272 e. The summed E-state index contributed by atoms with van der Waals surface area (Å²) in [6, 6.07) is 8.48. The van der Waals surface area contributed by atoms with Crippen molar-refractivity contribution in [3.8, 4) is 0 Å². The first-order valence-corrected chi connectivity index (χ1v) is 6.11. The van der Waals surface area contributed by atoms with Gasteiger partial charge in [0.15, 0.2) is 0 Å². The quantitative estimate of drug-likeness (QED) is 0.698. The van der Waals surface area contributed by atoms with Crippen LogP contribution in [0.4, 0.5) is 0 Å². The van der Waals surface area contributed by atoms with Crippen molar-refractivity contribution in [3.05, 3.63) is 63.9 Å². The Morgan fingerprint density at radius 3 is 2.84 bits per heavy atom. The van der Waals surface area contributed by atoms with Crippen LogP contribution < -0.4 is 5.43 Å². The van der Waals surface area contributed by atoms with Crippen molar-refractivity contribution in [1.29, 1.82) is 0 Å². The zero-order valence-electron chi connectivity index (χ0n) is 9.68. The van der Waals surface area contributed by atoms with Gasteiger partial charge in [0, 0.05) is 18.0 Å². The van der Waals surface area contributed by atoms with E-state index in [-0.39, 0.29) is 5.91 Å². The molecule has 0 unspecified atom stereocenters. The van der Waals surface area contributed by atoms with E-state index < -0.39 is 0 Å². The number of amides is 1. The lowest BCUT2D eigenvalue weighted by molar-refractivity contribution is 0.0955. The minimum atomic E-state index is -0.345. The van der Waals surface area contributed by atoms with Gasteiger partial charge in [-0.1, -0.05) is 35.3 Å². The molecule has 0 atom stereocenters. The van der Waals surface area contributed by atoms with Gasteiger partial charge in [-0.05, 0) is 18.2 Å². The highest BCUT2D eigenvalue weighted by molar-refractivity contribution is 6.43. The molecule has 0 spiro atoms. The Balaban J connectivity index is 2.05. The molecule has 1 aromatic heterocycles. The van der Waals surface area contributed by atoms with E-state index in [9.17, 15) is 4.79 Å². The van der Waals surface area contributed by atoms with Crippen molar-refractivity contribution in [2.24, 2.45) is 5.10 Å². The van der Waals surface area contributed by atoms with Crippen molar-refractivity contribution in [2.45, 2.75) is 0 Å². The first-order chi connectivity index (χ1) is 9.18. The fraction of sp³-hybridized carbons (Fsp3) is 0. The van der Waals surface area contributed by atoms with Gasteiger partial charge in [-0.3, -0.25) is 9.78 Å². The summed E-state index contributed by atoms with van der Waals surface area (Å²) in [5, 5.41) is 4.65. The summed E-state index contributed by atoms with van der Waals surface area (Å²) < 4.78 is 0. The summed E-state index contributed by atoms with van der Waals surface area (Å²) in [6.45, 7) is 0. The molecule has 0 saturated carbocycles. The molecule has 0 radical (unpaired) electrons. The summed E-state index contributed by atoms with van der Waals surface area (Å²) >= 11 is 11.8. The molecule has 2 rings (SSSR count). The third-order valence-corrected chi connectivity index (χ3v) is 3.11. The maximum absolute atomic E-state index is 11.7. The number of aromatic nitrogens is 1. The Morgan fingerprint density at radius 1 is 1.26 bits per heavy atom. The first-order valence-electron chi connectivity index (χ1n) is 5.36. The van der Waals surface area contributed by atoms with Gasteiger partial charge in [0.1, 0.15) is 0 Å². The summed E-state index contributed by atoms with van der Waals surface area (Å²) in [4.78, 5) is 15.5. The van der Waals surface area contributed by atoms with Crippen molar-refractivity contribution < 1.29 is 4.79 Å². The number of rotatable bonds is 3. The average molecular weight is 294 g/mol. The van der Waals surface area contributed by atoms with Crippen LogP contribution in [0.15, 0.2) is 47.8 Å². The Morgan fingerprint density at radius 2 is 2.11 bits per heavy atom. The Kier molecular flexibility index (Phi) is 4.49. The average Bonchev–Trinajstić information content (AvgIpc) is 2.44. The van der Waals surface area contributed by atoms with Gasteiger partial charge in [-0.2, -0.15) is 5.10 Å². The van der Waals surface area contributed by atoms with Crippen LogP contribution in [0.25, 0.3) is 0 Å². The van der Waals surface area contributed by atoms with Gasteiger partial charge in [0.2, 0.25) is 0 Å². The largest absolute Gasteiger partial charge is 0.272 e. The summed E-state index contributed by atoms with van der Waals surface area (Å²) in [5.74, 6) is -0.345. The second-order valence-corrected chi connectivity index (χ2v) is 4.37. The van der Waals surface area contributed by atoms with E-state index in [1.807, 2.05) is 0 Å². The molecule has 6 heteroatoms. The topological polar surface area (TPSA) is 54.4 Å². The number of benzene rings is 1. The van der Waals surface area contributed by atoms with Crippen LogP contribution in [0.3, 0.4) is 0 Å². The molecule has 1 amide bonds. The zero-order valence-corrected chi connectivity index (χ0v) is 11.2. The van der Waals surface area contributed by atoms with E-state index in [0.29, 0.717) is 21.2 Å². The fourth-order valence-electron chi connectivity index (χ4n) is 1.34. The lowest BCUT2D eigenvalue weighted by atomic mass is 10.2. The molecule has 96 valence electrons. The van der Waals surface area contributed by atoms with Crippen LogP contribution in [0, 0.1) is 0 Å². The summed E-state index contributed by atoms with van der Waals surface area (Å²) in [7, 11) is 0. The molecule has 0 fully saturated rings. The second kappa shape index (κ2) is 6.31. The number of carbonyl (C=O) groups excluding carboxylic acids is 1. The SMILES string of the molecule is O=C(N/N=C/c1cccc(Cl)c1Cl)c1cccnc1. The van der Waals surface area contributed by atoms with Crippen LogP contribution in [-0.2, 0) is 0 Å². The van der Waals surface area contributed by atoms with E-state index in [1.54, 1.807) is 36.5 Å². The van der Waals surface area contributed by atoms with Gasteiger partial charge in [-0.25, -0.2) is 5.43 Å². The summed E-state index contributed by atoms with van der Waals surface area (Å²) in [5.41, 5.74) is 3.44. The minimum absolute atomic E-state index is 0.345. The molecule has 0 bridgehead atoms. The number of pyridine rings is 1. The highest BCUT2D eigenvalue weighted by Crippen LogP contribution is 2.23. The molecular weight excluding hydrogens is 285 g/mol. The Bertz CT molecular complexity index is 615. The van der Waals surface area contributed by atoms with Gasteiger partial charge in [-0.15, -0.1) is 0 Å². The molecular formula is C13H9Cl2N3O. The molecule has 0 aliphatic heterocycles. The normalized spacial score (nSPS) is 10.6. The Hall–Kier alpha value is -1.91. The van der Waals surface area contributed by atoms with Crippen molar-refractivity contribution in [2.75, 3.05) is 0 Å². The van der Waals surface area contributed by atoms with E-state index in [4.69, 9.17) is 23.2 Å². The van der Waals surface area contributed by atoms with E-state index >= 15 is 0 Å². The fourth-order valence-corrected chi connectivity index (χ4v) is 1.70. The standard InChI is InChI=1S/C13H9Cl2N3O/c14-11-5-1-3-9(12(11)15)8-17-18-13(19)10-4-2-6-16-7-10/h1-8H,(H,18,19)/b17-8+.